The number of halogens is 1. The molecular weight excluding hydrogens is 239 g/mol. The standard InChI is InChI=1S/C12H11FN2OS/c1-7-6-10(14)12(17-7)15-11(16)8-2-4-9(13)5-3-8/h2-6H,14H2,1H3,(H,15,16). The van der Waals surface area contributed by atoms with Crippen LogP contribution in [0.25, 0.3) is 0 Å². The predicted molar refractivity (Wildman–Crippen MR) is 67.8 cm³/mol. The molecule has 0 radical (unpaired) electrons. The van der Waals surface area contributed by atoms with Gasteiger partial charge in [-0.1, -0.05) is 0 Å². The Bertz CT molecular complexity index is 548. The van der Waals surface area contributed by atoms with Crippen molar-refractivity contribution in [3.05, 3.63) is 46.6 Å². The molecular formula is C12H11FN2OS. The van der Waals surface area contributed by atoms with Crippen molar-refractivity contribution < 1.29 is 9.18 Å². The second-order valence-electron chi connectivity index (χ2n) is 3.60. The molecule has 0 spiro atoms. The molecule has 1 aromatic heterocycles. The quantitative estimate of drug-likeness (QED) is 0.860. The summed E-state index contributed by atoms with van der Waals surface area (Å²) in [5, 5.41) is 3.32. The summed E-state index contributed by atoms with van der Waals surface area (Å²) in [6.45, 7) is 1.91. The molecule has 0 saturated heterocycles. The molecule has 0 fully saturated rings. The number of aryl methyl sites for hydroxylation is 1. The van der Waals surface area contributed by atoms with Crippen molar-refractivity contribution >= 4 is 27.9 Å². The molecule has 2 rings (SSSR count). The van der Waals surface area contributed by atoms with Gasteiger partial charge in [-0.25, -0.2) is 4.39 Å². The molecule has 88 valence electrons. The molecule has 1 aromatic carbocycles. The Labute approximate surface area is 102 Å². The molecule has 0 saturated carbocycles. The second kappa shape index (κ2) is 4.55. The molecule has 5 heteroatoms. The van der Waals surface area contributed by atoms with E-state index >= 15 is 0 Å². The SMILES string of the molecule is Cc1cc(N)c(NC(=O)c2ccc(F)cc2)s1. The van der Waals surface area contributed by atoms with Crippen LogP contribution >= 0.6 is 11.3 Å². The van der Waals surface area contributed by atoms with E-state index in [-0.39, 0.29) is 11.7 Å². The van der Waals surface area contributed by atoms with Crippen LogP contribution in [0.4, 0.5) is 15.1 Å². The second-order valence-corrected chi connectivity index (χ2v) is 4.86. The molecule has 0 aliphatic rings. The predicted octanol–water partition coefficient (Wildman–Crippen LogP) is 3.03. The van der Waals surface area contributed by atoms with Crippen LogP contribution in [0, 0.1) is 12.7 Å². The third-order valence-corrected chi connectivity index (χ3v) is 3.20. The van der Waals surface area contributed by atoms with E-state index < -0.39 is 0 Å². The van der Waals surface area contributed by atoms with E-state index in [4.69, 9.17) is 5.73 Å². The number of rotatable bonds is 2. The van der Waals surface area contributed by atoms with Crippen molar-refractivity contribution in [2.75, 3.05) is 11.1 Å². The van der Waals surface area contributed by atoms with E-state index in [9.17, 15) is 9.18 Å². The van der Waals surface area contributed by atoms with Crippen LogP contribution in [0.2, 0.25) is 0 Å². The summed E-state index contributed by atoms with van der Waals surface area (Å²) in [5.41, 5.74) is 6.67. The minimum atomic E-state index is -0.368. The van der Waals surface area contributed by atoms with E-state index in [1.54, 1.807) is 6.07 Å². The average molecular weight is 250 g/mol. The van der Waals surface area contributed by atoms with Gasteiger partial charge < -0.3 is 11.1 Å². The number of nitrogens with one attached hydrogen (secondary N) is 1. The topological polar surface area (TPSA) is 55.1 Å². The number of benzene rings is 1. The highest BCUT2D eigenvalue weighted by molar-refractivity contribution is 7.16. The molecule has 3 nitrogen and oxygen atoms in total. The molecule has 0 bridgehead atoms. The smallest absolute Gasteiger partial charge is 0.256 e. The van der Waals surface area contributed by atoms with E-state index in [0.29, 0.717) is 16.3 Å². The van der Waals surface area contributed by atoms with Crippen molar-refractivity contribution in [2.24, 2.45) is 0 Å². The first-order valence-corrected chi connectivity index (χ1v) is 5.81. The Morgan fingerprint density at radius 3 is 2.53 bits per heavy atom. The van der Waals surface area contributed by atoms with Gasteiger partial charge in [0.1, 0.15) is 10.8 Å². The number of hydrogen-bond acceptors (Lipinski definition) is 3. The molecule has 0 unspecified atom stereocenters. The Morgan fingerprint density at radius 1 is 1.35 bits per heavy atom. The summed E-state index contributed by atoms with van der Waals surface area (Å²) in [7, 11) is 0. The summed E-state index contributed by atoms with van der Waals surface area (Å²) in [4.78, 5) is 12.8. The van der Waals surface area contributed by atoms with Crippen LogP contribution in [0.1, 0.15) is 15.2 Å². The maximum atomic E-state index is 12.7. The number of anilines is 2. The van der Waals surface area contributed by atoms with E-state index in [1.165, 1.54) is 35.6 Å². The molecule has 0 aliphatic carbocycles. The number of carbonyl (C=O) groups excluding carboxylic acids is 1. The maximum Gasteiger partial charge on any atom is 0.256 e. The van der Waals surface area contributed by atoms with Crippen molar-refractivity contribution in [2.45, 2.75) is 6.92 Å². The van der Waals surface area contributed by atoms with Crippen molar-refractivity contribution in [3.63, 3.8) is 0 Å². The third kappa shape index (κ3) is 2.62. The van der Waals surface area contributed by atoms with Gasteiger partial charge in [0, 0.05) is 10.4 Å². The monoisotopic (exact) mass is 250 g/mol. The van der Waals surface area contributed by atoms with Gasteiger partial charge in [-0.2, -0.15) is 0 Å². The van der Waals surface area contributed by atoms with Crippen LogP contribution in [-0.2, 0) is 0 Å². The number of nitrogen functional groups attached to an aromatic ring is 1. The fourth-order valence-electron chi connectivity index (χ4n) is 1.41. The minimum absolute atomic E-state index is 0.293. The first kappa shape index (κ1) is 11.6. The molecule has 0 atom stereocenters. The number of thiophene rings is 1. The average Bonchev–Trinajstić information content (AvgIpc) is 2.58. The van der Waals surface area contributed by atoms with Crippen LogP contribution < -0.4 is 11.1 Å². The minimum Gasteiger partial charge on any atom is -0.396 e. The lowest BCUT2D eigenvalue weighted by Crippen LogP contribution is -2.11. The van der Waals surface area contributed by atoms with Gasteiger partial charge >= 0.3 is 0 Å². The van der Waals surface area contributed by atoms with E-state index in [1.807, 2.05) is 6.92 Å². The molecule has 1 amide bonds. The highest BCUT2D eigenvalue weighted by Gasteiger charge is 2.10. The number of nitrogens with two attached hydrogens (primary N) is 1. The van der Waals surface area contributed by atoms with Crippen molar-refractivity contribution in [1.82, 2.24) is 0 Å². The summed E-state index contributed by atoms with van der Waals surface area (Å²) in [6.07, 6.45) is 0. The van der Waals surface area contributed by atoms with Crippen LogP contribution in [0.15, 0.2) is 30.3 Å². The Balaban J connectivity index is 2.17. The zero-order valence-corrected chi connectivity index (χ0v) is 9.98. The molecule has 3 N–H and O–H groups in total. The summed E-state index contributed by atoms with van der Waals surface area (Å²) < 4.78 is 12.7. The van der Waals surface area contributed by atoms with Crippen LogP contribution in [-0.4, -0.2) is 5.91 Å². The summed E-state index contributed by atoms with van der Waals surface area (Å²) in [6, 6.07) is 7.16. The molecule has 1 heterocycles. The van der Waals surface area contributed by atoms with Crippen molar-refractivity contribution in [3.8, 4) is 0 Å². The third-order valence-electron chi connectivity index (χ3n) is 2.22. The normalized spacial score (nSPS) is 10.2. The lowest BCUT2D eigenvalue weighted by Gasteiger charge is -2.03. The van der Waals surface area contributed by atoms with Gasteiger partial charge in [-0.15, -0.1) is 11.3 Å². The fraction of sp³-hybridized carbons (Fsp3) is 0.0833. The van der Waals surface area contributed by atoms with E-state index in [0.717, 1.165) is 4.88 Å². The van der Waals surface area contributed by atoms with Gasteiger partial charge in [0.05, 0.1) is 5.69 Å². The van der Waals surface area contributed by atoms with Gasteiger partial charge in [0.2, 0.25) is 0 Å². The van der Waals surface area contributed by atoms with Gasteiger partial charge in [0.25, 0.3) is 5.91 Å². The number of carbonyl (C=O) groups is 1. The molecule has 17 heavy (non-hydrogen) atoms. The van der Waals surface area contributed by atoms with Crippen LogP contribution in [0.3, 0.4) is 0 Å². The Morgan fingerprint density at radius 2 is 2.00 bits per heavy atom. The summed E-state index contributed by atoms with van der Waals surface area (Å²) in [5.74, 6) is -0.661. The first-order valence-electron chi connectivity index (χ1n) is 4.99. The Hall–Kier alpha value is -1.88. The van der Waals surface area contributed by atoms with Gasteiger partial charge in [0.15, 0.2) is 0 Å². The lowest BCUT2D eigenvalue weighted by atomic mass is 10.2. The van der Waals surface area contributed by atoms with Crippen LogP contribution in [0.5, 0.6) is 0 Å². The Kier molecular flexibility index (Phi) is 3.10. The fourth-order valence-corrected chi connectivity index (χ4v) is 2.24. The maximum absolute atomic E-state index is 12.7. The molecule has 0 aliphatic heterocycles. The van der Waals surface area contributed by atoms with E-state index in [2.05, 4.69) is 5.32 Å². The summed E-state index contributed by atoms with van der Waals surface area (Å²) >= 11 is 1.41. The zero-order chi connectivity index (χ0) is 12.4. The first-order chi connectivity index (χ1) is 8.06. The lowest BCUT2D eigenvalue weighted by molar-refractivity contribution is 0.102. The van der Waals surface area contributed by atoms with Gasteiger partial charge in [-0.05, 0) is 37.3 Å². The zero-order valence-electron chi connectivity index (χ0n) is 9.16. The van der Waals surface area contributed by atoms with Crippen molar-refractivity contribution in [1.29, 1.82) is 0 Å². The van der Waals surface area contributed by atoms with Gasteiger partial charge in [-0.3, -0.25) is 4.79 Å². The number of amides is 1. The number of hydrogen-bond donors (Lipinski definition) is 2. The molecule has 2 aromatic rings. The highest BCUT2D eigenvalue weighted by Crippen LogP contribution is 2.29. The highest BCUT2D eigenvalue weighted by atomic mass is 32.1. The largest absolute Gasteiger partial charge is 0.396 e.